The Morgan fingerprint density at radius 3 is 2.84 bits per heavy atom. The molecule has 1 aromatic heterocycles. The van der Waals surface area contributed by atoms with Crippen molar-refractivity contribution in [3.05, 3.63) is 46.5 Å². The third kappa shape index (κ3) is 2.55. The lowest BCUT2D eigenvalue weighted by molar-refractivity contribution is 0.414. The molecule has 1 saturated carbocycles. The number of rotatable bonds is 5. The standard InChI is InChI=1S/C15H19N3S/c1-2-16-15(14-10-17-18-19-14)13-9-4-3-8-12(13)11-6-5-7-11/h3-4,8-11,15-16H,2,5-7H2,1H3. The van der Waals surface area contributed by atoms with E-state index in [0.717, 1.165) is 12.5 Å². The molecule has 1 fully saturated rings. The summed E-state index contributed by atoms with van der Waals surface area (Å²) in [5.41, 5.74) is 2.91. The van der Waals surface area contributed by atoms with Gasteiger partial charge in [0.2, 0.25) is 0 Å². The van der Waals surface area contributed by atoms with Gasteiger partial charge in [-0.25, -0.2) is 0 Å². The number of hydrogen-bond acceptors (Lipinski definition) is 4. The van der Waals surface area contributed by atoms with Crippen LogP contribution in [0.25, 0.3) is 0 Å². The summed E-state index contributed by atoms with van der Waals surface area (Å²) >= 11 is 1.49. The van der Waals surface area contributed by atoms with E-state index in [4.69, 9.17) is 0 Å². The molecule has 1 aliphatic carbocycles. The highest BCUT2D eigenvalue weighted by molar-refractivity contribution is 7.05. The summed E-state index contributed by atoms with van der Waals surface area (Å²) < 4.78 is 4.01. The van der Waals surface area contributed by atoms with Crippen LogP contribution in [-0.4, -0.2) is 16.1 Å². The summed E-state index contributed by atoms with van der Waals surface area (Å²) in [6.45, 7) is 3.09. The molecule has 4 heteroatoms. The van der Waals surface area contributed by atoms with Gasteiger partial charge in [-0.2, -0.15) is 0 Å². The van der Waals surface area contributed by atoms with Crippen LogP contribution in [0.1, 0.15) is 54.1 Å². The molecule has 100 valence electrons. The van der Waals surface area contributed by atoms with Gasteiger partial charge in [-0.3, -0.25) is 0 Å². The maximum absolute atomic E-state index is 4.01. The average molecular weight is 273 g/mol. The zero-order valence-corrected chi connectivity index (χ0v) is 12.0. The second-order valence-electron chi connectivity index (χ2n) is 5.07. The van der Waals surface area contributed by atoms with Gasteiger partial charge in [-0.1, -0.05) is 42.1 Å². The van der Waals surface area contributed by atoms with Crippen LogP contribution in [0.5, 0.6) is 0 Å². The molecule has 0 amide bonds. The average Bonchev–Trinajstić information content (AvgIpc) is 2.88. The molecule has 1 unspecified atom stereocenters. The van der Waals surface area contributed by atoms with E-state index in [2.05, 4.69) is 46.1 Å². The molecule has 3 nitrogen and oxygen atoms in total. The third-order valence-corrected chi connectivity index (χ3v) is 4.65. The summed E-state index contributed by atoms with van der Waals surface area (Å²) in [7, 11) is 0. The summed E-state index contributed by atoms with van der Waals surface area (Å²) in [6.07, 6.45) is 5.91. The first-order valence-corrected chi connectivity index (χ1v) is 7.77. The largest absolute Gasteiger partial charge is 0.306 e. The summed E-state index contributed by atoms with van der Waals surface area (Å²) in [5.74, 6) is 0.748. The van der Waals surface area contributed by atoms with E-state index in [0.29, 0.717) is 0 Å². The third-order valence-electron chi connectivity index (χ3n) is 3.92. The van der Waals surface area contributed by atoms with Crippen molar-refractivity contribution < 1.29 is 0 Å². The van der Waals surface area contributed by atoms with Gasteiger partial charge in [0.25, 0.3) is 0 Å². The van der Waals surface area contributed by atoms with Gasteiger partial charge in [0, 0.05) is 0 Å². The van der Waals surface area contributed by atoms with Crippen LogP contribution in [0.4, 0.5) is 0 Å². The first-order valence-electron chi connectivity index (χ1n) is 6.99. The molecule has 1 heterocycles. The van der Waals surface area contributed by atoms with Crippen LogP contribution >= 0.6 is 11.5 Å². The molecule has 0 aliphatic heterocycles. The van der Waals surface area contributed by atoms with Crippen molar-refractivity contribution in [1.29, 1.82) is 0 Å². The fourth-order valence-electron chi connectivity index (χ4n) is 2.73. The molecule has 3 rings (SSSR count). The van der Waals surface area contributed by atoms with Crippen LogP contribution < -0.4 is 5.32 Å². The van der Waals surface area contributed by atoms with Crippen molar-refractivity contribution in [2.75, 3.05) is 6.54 Å². The van der Waals surface area contributed by atoms with E-state index in [9.17, 15) is 0 Å². The summed E-state index contributed by atoms with van der Waals surface area (Å²) in [4.78, 5) is 1.20. The normalized spacial score (nSPS) is 17.1. The zero-order valence-electron chi connectivity index (χ0n) is 11.2. The molecule has 1 N–H and O–H groups in total. The molecule has 0 spiro atoms. The second kappa shape index (κ2) is 5.80. The number of nitrogens with one attached hydrogen (secondary N) is 1. The first kappa shape index (κ1) is 12.8. The molecular formula is C15H19N3S. The topological polar surface area (TPSA) is 37.8 Å². The van der Waals surface area contributed by atoms with E-state index >= 15 is 0 Å². The van der Waals surface area contributed by atoms with Crippen molar-refractivity contribution in [3.8, 4) is 0 Å². The van der Waals surface area contributed by atoms with Crippen LogP contribution in [0, 0.1) is 0 Å². The lowest BCUT2D eigenvalue weighted by atomic mass is 9.77. The monoisotopic (exact) mass is 273 g/mol. The Morgan fingerprint density at radius 2 is 2.21 bits per heavy atom. The van der Waals surface area contributed by atoms with Crippen molar-refractivity contribution >= 4 is 11.5 Å². The molecule has 0 bridgehead atoms. The highest BCUT2D eigenvalue weighted by atomic mass is 32.1. The number of hydrogen-bond donors (Lipinski definition) is 1. The van der Waals surface area contributed by atoms with Gasteiger partial charge in [0.1, 0.15) is 0 Å². The first-order chi connectivity index (χ1) is 9.40. The quantitative estimate of drug-likeness (QED) is 0.906. The fourth-order valence-corrected chi connectivity index (χ4v) is 3.33. The number of aromatic nitrogens is 2. The summed E-state index contributed by atoms with van der Waals surface area (Å²) in [6, 6.07) is 9.07. The van der Waals surface area contributed by atoms with Gasteiger partial charge in [0.15, 0.2) is 0 Å². The van der Waals surface area contributed by atoms with E-state index in [1.807, 2.05) is 6.20 Å². The Kier molecular flexibility index (Phi) is 3.89. The molecule has 19 heavy (non-hydrogen) atoms. The Hall–Kier alpha value is -1.26. The van der Waals surface area contributed by atoms with Crippen LogP contribution in [-0.2, 0) is 0 Å². The molecule has 1 aromatic carbocycles. The second-order valence-corrected chi connectivity index (χ2v) is 5.88. The maximum Gasteiger partial charge on any atom is 0.0706 e. The Morgan fingerprint density at radius 1 is 1.37 bits per heavy atom. The minimum absolute atomic E-state index is 0.238. The predicted octanol–water partition coefficient (Wildman–Crippen LogP) is 3.50. The predicted molar refractivity (Wildman–Crippen MR) is 78.5 cm³/mol. The molecule has 1 aliphatic rings. The van der Waals surface area contributed by atoms with E-state index in [1.54, 1.807) is 0 Å². The zero-order chi connectivity index (χ0) is 13.1. The Bertz CT molecular complexity index is 520. The van der Waals surface area contributed by atoms with Gasteiger partial charge >= 0.3 is 0 Å². The fraction of sp³-hybridized carbons (Fsp3) is 0.467. The van der Waals surface area contributed by atoms with Crippen LogP contribution in [0.2, 0.25) is 0 Å². The molecule has 2 aromatic rings. The molecule has 0 saturated heterocycles. The van der Waals surface area contributed by atoms with Gasteiger partial charge < -0.3 is 5.32 Å². The van der Waals surface area contributed by atoms with E-state index in [1.165, 1.54) is 46.8 Å². The Balaban J connectivity index is 1.97. The van der Waals surface area contributed by atoms with Gasteiger partial charge in [-0.15, -0.1) is 5.10 Å². The van der Waals surface area contributed by atoms with Crippen molar-refractivity contribution in [2.24, 2.45) is 0 Å². The van der Waals surface area contributed by atoms with E-state index < -0.39 is 0 Å². The lowest BCUT2D eigenvalue weighted by Crippen LogP contribution is -2.24. The Labute approximate surface area is 118 Å². The number of benzene rings is 1. The van der Waals surface area contributed by atoms with Gasteiger partial charge in [0.05, 0.1) is 17.1 Å². The molecule has 0 radical (unpaired) electrons. The lowest BCUT2D eigenvalue weighted by Gasteiger charge is -2.30. The van der Waals surface area contributed by atoms with Crippen LogP contribution in [0.3, 0.4) is 0 Å². The van der Waals surface area contributed by atoms with Crippen molar-refractivity contribution in [1.82, 2.24) is 14.9 Å². The van der Waals surface area contributed by atoms with Crippen molar-refractivity contribution in [2.45, 2.75) is 38.1 Å². The van der Waals surface area contributed by atoms with Gasteiger partial charge in [-0.05, 0) is 48.0 Å². The molecule has 1 atom stereocenters. The SMILES string of the molecule is CCNC(c1cnns1)c1ccccc1C1CCC1. The van der Waals surface area contributed by atoms with Crippen LogP contribution in [0.15, 0.2) is 30.5 Å². The number of nitrogens with zero attached hydrogens (tertiary/aromatic N) is 2. The minimum atomic E-state index is 0.238. The smallest absolute Gasteiger partial charge is 0.0706 e. The minimum Gasteiger partial charge on any atom is -0.306 e. The molecular weight excluding hydrogens is 254 g/mol. The van der Waals surface area contributed by atoms with E-state index in [-0.39, 0.29) is 6.04 Å². The summed E-state index contributed by atoms with van der Waals surface area (Å²) in [5, 5.41) is 7.56. The van der Waals surface area contributed by atoms with Crippen molar-refractivity contribution in [3.63, 3.8) is 0 Å². The highest BCUT2D eigenvalue weighted by Gasteiger charge is 2.26. The maximum atomic E-state index is 4.01. The highest BCUT2D eigenvalue weighted by Crippen LogP contribution is 2.40.